The van der Waals surface area contributed by atoms with Gasteiger partial charge in [0.05, 0.1) is 10.8 Å². The lowest BCUT2D eigenvalue weighted by Crippen LogP contribution is -2.22. The van der Waals surface area contributed by atoms with Gasteiger partial charge in [-0.15, -0.1) is 11.8 Å². The number of hydrogen-bond acceptors (Lipinski definition) is 5. The monoisotopic (exact) mass is 562 g/mol. The lowest BCUT2D eigenvalue weighted by atomic mass is 9.98. The number of nitrogens with one attached hydrogen (secondary N) is 2. The van der Waals surface area contributed by atoms with Crippen molar-refractivity contribution in [1.82, 2.24) is 0 Å². The number of anilines is 2. The molecule has 5 aromatic rings. The van der Waals surface area contributed by atoms with Gasteiger partial charge in [-0.1, -0.05) is 42.5 Å². The van der Waals surface area contributed by atoms with Crippen LogP contribution in [0, 0.1) is 0 Å². The third-order valence-electron chi connectivity index (χ3n) is 6.27. The molecule has 5 aromatic carbocycles. The van der Waals surface area contributed by atoms with Crippen molar-refractivity contribution in [3.05, 3.63) is 126 Å². The third-order valence-corrected chi connectivity index (χ3v) is 7.39. The van der Waals surface area contributed by atoms with E-state index in [4.69, 9.17) is 4.74 Å². The van der Waals surface area contributed by atoms with Gasteiger partial charge in [-0.05, 0) is 85.1 Å². The number of aromatic carboxylic acids is 1. The highest BCUT2D eigenvalue weighted by atomic mass is 32.2. The van der Waals surface area contributed by atoms with Crippen LogP contribution in [0.15, 0.2) is 120 Å². The minimum Gasteiger partial charge on any atom is -0.478 e. The van der Waals surface area contributed by atoms with Crippen LogP contribution in [-0.2, 0) is 4.79 Å². The van der Waals surface area contributed by atoms with E-state index in [0.29, 0.717) is 27.9 Å². The Morgan fingerprint density at radius 1 is 0.683 bits per heavy atom. The fraction of sp³-hybridized carbons (Fsp3) is 0.0606. The van der Waals surface area contributed by atoms with E-state index >= 15 is 0 Å². The second kappa shape index (κ2) is 12.4. The largest absolute Gasteiger partial charge is 0.478 e. The van der Waals surface area contributed by atoms with Crippen LogP contribution in [0.5, 0.6) is 11.5 Å². The van der Waals surface area contributed by atoms with Gasteiger partial charge in [0.2, 0.25) is 5.91 Å². The molecule has 2 amide bonds. The number of carboxylic acids is 1. The average Bonchev–Trinajstić information content (AvgIpc) is 2.99. The SMILES string of the molecule is CC(Sc1ccc(NC(=O)c2cccc3cccc(C(=O)O)c23)cc1)C(=O)Nc1ccc(Oc2ccccc2)cc1. The summed E-state index contributed by atoms with van der Waals surface area (Å²) in [6.45, 7) is 1.82. The zero-order valence-corrected chi connectivity index (χ0v) is 22.9. The van der Waals surface area contributed by atoms with Gasteiger partial charge in [-0.25, -0.2) is 4.79 Å². The van der Waals surface area contributed by atoms with Crippen LogP contribution in [-0.4, -0.2) is 28.1 Å². The van der Waals surface area contributed by atoms with Crippen molar-refractivity contribution in [1.29, 1.82) is 0 Å². The number of carbonyl (C=O) groups is 3. The minimum atomic E-state index is -1.09. The van der Waals surface area contributed by atoms with Crippen molar-refractivity contribution in [3.63, 3.8) is 0 Å². The zero-order valence-electron chi connectivity index (χ0n) is 22.0. The van der Waals surface area contributed by atoms with Crippen LogP contribution in [0.1, 0.15) is 27.6 Å². The van der Waals surface area contributed by atoms with Gasteiger partial charge in [0.15, 0.2) is 0 Å². The normalized spacial score (nSPS) is 11.4. The summed E-state index contributed by atoms with van der Waals surface area (Å²) < 4.78 is 5.79. The van der Waals surface area contributed by atoms with Crippen LogP contribution < -0.4 is 15.4 Å². The Bertz CT molecular complexity index is 1700. The summed E-state index contributed by atoms with van der Waals surface area (Å²) in [6.07, 6.45) is 0. The summed E-state index contributed by atoms with van der Waals surface area (Å²) in [5.74, 6) is -0.233. The Hall–Kier alpha value is -5.08. The molecule has 0 aliphatic heterocycles. The predicted octanol–water partition coefficient (Wildman–Crippen LogP) is 7.70. The number of para-hydroxylation sites is 1. The van der Waals surface area contributed by atoms with E-state index in [1.54, 1.807) is 66.7 Å². The van der Waals surface area contributed by atoms with Gasteiger partial charge in [0.1, 0.15) is 11.5 Å². The highest BCUT2D eigenvalue weighted by molar-refractivity contribution is 8.00. The van der Waals surface area contributed by atoms with E-state index in [1.165, 1.54) is 17.8 Å². The Morgan fingerprint density at radius 2 is 1.27 bits per heavy atom. The van der Waals surface area contributed by atoms with Crippen LogP contribution in [0.2, 0.25) is 0 Å². The molecule has 204 valence electrons. The van der Waals surface area contributed by atoms with Gasteiger partial charge in [-0.2, -0.15) is 0 Å². The quantitative estimate of drug-likeness (QED) is 0.159. The number of benzene rings is 5. The second-order valence-corrected chi connectivity index (χ2v) is 10.6. The van der Waals surface area contributed by atoms with E-state index < -0.39 is 11.9 Å². The summed E-state index contributed by atoms with van der Waals surface area (Å²) in [5.41, 5.74) is 1.58. The molecular formula is C33H26N2O5S. The van der Waals surface area contributed by atoms with Gasteiger partial charge < -0.3 is 20.5 Å². The summed E-state index contributed by atoms with van der Waals surface area (Å²) in [7, 11) is 0. The molecule has 0 bridgehead atoms. The minimum absolute atomic E-state index is 0.0729. The summed E-state index contributed by atoms with van der Waals surface area (Å²) in [6, 6.07) is 33.8. The fourth-order valence-electron chi connectivity index (χ4n) is 4.26. The van der Waals surface area contributed by atoms with Crippen molar-refractivity contribution in [2.24, 2.45) is 0 Å². The molecule has 41 heavy (non-hydrogen) atoms. The van der Waals surface area contributed by atoms with Crippen molar-refractivity contribution in [2.45, 2.75) is 17.1 Å². The molecule has 0 aliphatic rings. The maximum Gasteiger partial charge on any atom is 0.336 e. The van der Waals surface area contributed by atoms with Crippen molar-refractivity contribution < 1.29 is 24.2 Å². The summed E-state index contributed by atoms with van der Waals surface area (Å²) in [4.78, 5) is 38.4. The molecule has 0 saturated heterocycles. The Labute approximate surface area is 241 Å². The summed E-state index contributed by atoms with van der Waals surface area (Å²) >= 11 is 1.39. The van der Waals surface area contributed by atoms with E-state index in [-0.39, 0.29) is 22.3 Å². The first-order chi connectivity index (χ1) is 19.9. The van der Waals surface area contributed by atoms with Crippen LogP contribution in [0.25, 0.3) is 10.8 Å². The predicted molar refractivity (Wildman–Crippen MR) is 162 cm³/mol. The molecule has 1 unspecified atom stereocenters. The first-order valence-electron chi connectivity index (χ1n) is 12.8. The maximum atomic E-state index is 13.1. The average molecular weight is 563 g/mol. The molecule has 8 heteroatoms. The Balaban J connectivity index is 1.18. The van der Waals surface area contributed by atoms with Crippen molar-refractivity contribution in [3.8, 4) is 11.5 Å². The number of rotatable bonds is 9. The van der Waals surface area contributed by atoms with E-state index in [0.717, 1.165) is 10.6 Å². The molecule has 1 atom stereocenters. The number of hydrogen-bond donors (Lipinski definition) is 3. The summed E-state index contributed by atoms with van der Waals surface area (Å²) in [5, 5.41) is 16.1. The maximum absolute atomic E-state index is 13.1. The molecule has 0 spiro atoms. The number of thioether (sulfide) groups is 1. The van der Waals surface area contributed by atoms with E-state index in [2.05, 4.69) is 10.6 Å². The van der Waals surface area contributed by atoms with Crippen molar-refractivity contribution in [2.75, 3.05) is 10.6 Å². The second-order valence-electron chi connectivity index (χ2n) is 9.18. The smallest absolute Gasteiger partial charge is 0.336 e. The molecule has 3 N–H and O–H groups in total. The number of fused-ring (bicyclic) bond motifs is 1. The van der Waals surface area contributed by atoms with Gasteiger partial charge >= 0.3 is 5.97 Å². The highest BCUT2D eigenvalue weighted by Gasteiger charge is 2.18. The molecule has 0 fully saturated rings. The number of carboxylic acid groups (broad SMARTS) is 1. The number of amides is 2. The Morgan fingerprint density at radius 3 is 1.93 bits per heavy atom. The zero-order chi connectivity index (χ0) is 28.8. The van der Waals surface area contributed by atoms with Gasteiger partial charge in [0.25, 0.3) is 5.91 Å². The topological polar surface area (TPSA) is 105 Å². The molecule has 5 rings (SSSR count). The van der Waals surface area contributed by atoms with Crippen LogP contribution >= 0.6 is 11.8 Å². The molecule has 0 radical (unpaired) electrons. The van der Waals surface area contributed by atoms with Crippen LogP contribution in [0.4, 0.5) is 11.4 Å². The number of ether oxygens (including phenoxy) is 1. The first kappa shape index (κ1) is 27.5. The fourth-order valence-corrected chi connectivity index (χ4v) is 5.12. The van der Waals surface area contributed by atoms with E-state index in [9.17, 15) is 19.5 Å². The third kappa shape index (κ3) is 6.74. The number of carbonyl (C=O) groups excluding carboxylic acids is 2. The van der Waals surface area contributed by atoms with Crippen molar-refractivity contribution >= 4 is 51.7 Å². The van der Waals surface area contributed by atoms with Gasteiger partial charge in [-0.3, -0.25) is 9.59 Å². The first-order valence-corrected chi connectivity index (χ1v) is 13.7. The molecule has 7 nitrogen and oxygen atoms in total. The molecule has 0 aliphatic carbocycles. The van der Waals surface area contributed by atoms with Gasteiger partial charge in [0, 0.05) is 27.2 Å². The van der Waals surface area contributed by atoms with Crippen LogP contribution in [0.3, 0.4) is 0 Å². The lowest BCUT2D eigenvalue weighted by Gasteiger charge is -2.13. The molecule has 0 heterocycles. The molecule has 0 saturated carbocycles. The highest BCUT2D eigenvalue weighted by Crippen LogP contribution is 2.28. The lowest BCUT2D eigenvalue weighted by molar-refractivity contribution is -0.115. The molecular weight excluding hydrogens is 536 g/mol. The van der Waals surface area contributed by atoms with E-state index in [1.807, 2.05) is 49.4 Å². The standard InChI is InChI=1S/C33H26N2O5S/c1-21(31(36)34-23-13-17-26(18-14-23)40-25-9-3-2-4-10-25)41-27-19-15-24(16-20-27)35-32(37)28-11-5-7-22-8-6-12-29(30(22)28)33(38)39/h2-21H,1H3,(H,34,36)(H,35,37)(H,38,39). The molecule has 0 aromatic heterocycles. The Kier molecular flexibility index (Phi) is 8.31.